The number of carbonyl (C=O) groups excluding carboxylic acids is 1. The van der Waals surface area contributed by atoms with Crippen LogP contribution in [0, 0.1) is 0 Å². The zero-order valence-electron chi connectivity index (χ0n) is 12.6. The van der Waals surface area contributed by atoms with Gasteiger partial charge in [-0.2, -0.15) is 13.2 Å². The van der Waals surface area contributed by atoms with Gasteiger partial charge in [0.15, 0.2) is 9.84 Å². The minimum absolute atomic E-state index is 0.0133. The summed E-state index contributed by atoms with van der Waals surface area (Å²) in [5.74, 6) is -3.01. The lowest BCUT2D eigenvalue weighted by Crippen LogP contribution is -2.47. The summed E-state index contributed by atoms with van der Waals surface area (Å²) in [6, 6.07) is 7.22. The normalized spacial score (nSPS) is 25.0. The minimum atomic E-state index is -4.55. The third-order valence-corrected chi connectivity index (χ3v) is 5.83. The van der Waals surface area contributed by atoms with Gasteiger partial charge in [0, 0.05) is 6.42 Å². The lowest BCUT2D eigenvalue weighted by Gasteiger charge is -2.26. The van der Waals surface area contributed by atoms with Crippen molar-refractivity contribution in [3.63, 3.8) is 0 Å². The molecule has 1 aliphatic rings. The molecular weight excluding hydrogens is 331 g/mol. The van der Waals surface area contributed by atoms with Crippen LogP contribution in [0.2, 0.25) is 0 Å². The van der Waals surface area contributed by atoms with Crippen molar-refractivity contribution in [1.82, 2.24) is 5.32 Å². The second kappa shape index (κ2) is 6.14. The molecular formula is C15H18F3NO3S. The Labute approximate surface area is 133 Å². The van der Waals surface area contributed by atoms with E-state index in [2.05, 4.69) is 5.32 Å². The van der Waals surface area contributed by atoms with Crippen molar-refractivity contribution < 1.29 is 26.4 Å². The Morgan fingerprint density at radius 1 is 1.30 bits per heavy atom. The largest absolute Gasteiger partial charge is 0.396 e. The molecule has 1 aromatic rings. The van der Waals surface area contributed by atoms with E-state index in [4.69, 9.17) is 0 Å². The van der Waals surface area contributed by atoms with E-state index in [-0.39, 0.29) is 23.5 Å². The van der Waals surface area contributed by atoms with Crippen molar-refractivity contribution in [2.45, 2.75) is 37.4 Å². The summed E-state index contributed by atoms with van der Waals surface area (Å²) in [5.41, 5.74) is -0.984. The van der Waals surface area contributed by atoms with Crippen molar-refractivity contribution in [3.8, 4) is 0 Å². The topological polar surface area (TPSA) is 63.2 Å². The van der Waals surface area contributed by atoms with Crippen LogP contribution in [0.25, 0.3) is 0 Å². The average molecular weight is 349 g/mol. The monoisotopic (exact) mass is 349 g/mol. The molecule has 128 valence electrons. The van der Waals surface area contributed by atoms with Crippen LogP contribution in [-0.4, -0.2) is 37.5 Å². The average Bonchev–Trinajstić information content (AvgIpc) is 2.69. The van der Waals surface area contributed by atoms with Crippen molar-refractivity contribution in [1.29, 1.82) is 0 Å². The lowest BCUT2D eigenvalue weighted by molar-refractivity contribution is -0.157. The number of rotatable bonds is 4. The molecule has 1 heterocycles. The molecule has 8 heteroatoms. The first-order valence-electron chi connectivity index (χ1n) is 7.14. The first kappa shape index (κ1) is 17.8. The number of carbonyl (C=O) groups is 1. The standard InChI is InChI=1S/C15H18F3NO3S/c1-14(7-8-23(21,22)10-14)19-13(20)9-12(15(16,17)18)11-5-3-2-4-6-11/h2-6,12H,7-10H2,1H3,(H,19,20)/t12-,14-/m0/s1. The molecule has 1 amide bonds. The molecule has 0 unspecified atom stereocenters. The van der Waals surface area contributed by atoms with E-state index in [0.717, 1.165) is 0 Å². The van der Waals surface area contributed by atoms with Gasteiger partial charge < -0.3 is 5.32 Å². The number of nitrogens with one attached hydrogen (secondary N) is 1. The van der Waals surface area contributed by atoms with Gasteiger partial charge >= 0.3 is 6.18 Å². The van der Waals surface area contributed by atoms with Crippen LogP contribution in [0.4, 0.5) is 13.2 Å². The van der Waals surface area contributed by atoms with E-state index in [1.54, 1.807) is 13.0 Å². The fourth-order valence-electron chi connectivity index (χ4n) is 2.79. The van der Waals surface area contributed by atoms with Gasteiger partial charge in [0.2, 0.25) is 5.91 Å². The van der Waals surface area contributed by atoms with Gasteiger partial charge in [-0.15, -0.1) is 0 Å². The maximum absolute atomic E-state index is 13.2. The number of hydrogen-bond acceptors (Lipinski definition) is 3. The zero-order chi connectivity index (χ0) is 17.3. The van der Waals surface area contributed by atoms with E-state index >= 15 is 0 Å². The Morgan fingerprint density at radius 3 is 2.39 bits per heavy atom. The van der Waals surface area contributed by atoms with Crippen molar-refractivity contribution in [2.24, 2.45) is 0 Å². The van der Waals surface area contributed by atoms with Gasteiger partial charge in [0.1, 0.15) is 0 Å². The quantitative estimate of drug-likeness (QED) is 0.908. The first-order valence-corrected chi connectivity index (χ1v) is 8.96. The van der Waals surface area contributed by atoms with Gasteiger partial charge in [-0.25, -0.2) is 8.42 Å². The molecule has 1 saturated heterocycles. The van der Waals surface area contributed by atoms with Crippen LogP contribution < -0.4 is 5.32 Å². The summed E-state index contributed by atoms with van der Waals surface area (Å²) >= 11 is 0. The Bertz CT molecular complexity index is 673. The third-order valence-electron chi connectivity index (χ3n) is 3.93. The van der Waals surface area contributed by atoms with Crippen molar-refractivity contribution in [2.75, 3.05) is 11.5 Å². The van der Waals surface area contributed by atoms with E-state index in [0.29, 0.717) is 0 Å². The van der Waals surface area contributed by atoms with Crippen molar-refractivity contribution in [3.05, 3.63) is 35.9 Å². The second-order valence-corrected chi connectivity index (χ2v) is 8.34. The molecule has 0 radical (unpaired) electrons. The summed E-state index contributed by atoms with van der Waals surface area (Å²) < 4.78 is 62.7. The highest BCUT2D eigenvalue weighted by molar-refractivity contribution is 7.91. The number of halogens is 3. The lowest BCUT2D eigenvalue weighted by atomic mass is 9.93. The molecule has 0 aromatic heterocycles. The zero-order valence-corrected chi connectivity index (χ0v) is 13.4. The Kier molecular flexibility index (Phi) is 4.75. The molecule has 2 rings (SSSR count). The molecule has 1 N–H and O–H groups in total. The molecule has 1 fully saturated rings. The number of benzene rings is 1. The first-order chi connectivity index (χ1) is 10.5. The third kappa shape index (κ3) is 4.70. The van der Waals surface area contributed by atoms with Crippen LogP contribution >= 0.6 is 0 Å². The van der Waals surface area contributed by atoms with Crippen molar-refractivity contribution >= 4 is 15.7 Å². The highest BCUT2D eigenvalue weighted by atomic mass is 32.2. The smallest absolute Gasteiger partial charge is 0.350 e. The Balaban J connectivity index is 2.10. The van der Waals surface area contributed by atoms with Gasteiger partial charge in [-0.05, 0) is 18.9 Å². The van der Waals surface area contributed by atoms with Gasteiger partial charge in [-0.3, -0.25) is 4.79 Å². The molecule has 1 aliphatic heterocycles. The summed E-state index contributed by atoms with van der Waals surface area (Å²) in [5, 5.41) is 2.47. The maximum atomic E-state index is 13.2. The van der Waals surface area contributed by atoms with Gasteiger partial charge in [-0.1, -0.05) is 30.3 Å². The van der Waals surface area contributed by atoms with Crippen LogP contribution in [0.15, 0.2) is 30.3 Å². The fraction of sp³-hybridized carbons (Fsp3) is 0.533. The Morgan fingerprint density at radius 2 is 1.91 bits per heavy atom. The predicted molar refractivity (Wildman–Crippen MR) is 79.7 cm³/mol. The van der Waals surface area contributed by atoms with Crippen LogP contribution in [-0.2, 0) is 14.6 Å². The molecule has 4 nitrogen and oxygen atoms in total. The SMILES string of the molecule is C[C@]1(NC(=O)C[C@@H](c2ccccc2)C(F)(F)F)CCS(=O)(=O)C1. The summed E-state index contributed by atoms with van der Waals surface area (Å²) in [4.78, 5) is 12.0. The number of sulfone groups is 1. The minimum Gasteiger partial charge on any atom is -0.350 e. The molecule has 0 saturated carbocycles. The molecule has 2 atom stereocenters. The molecule has 1 aromatic carbocycles. The number of amides is 1. The van der Waals surface area contributed by atoms with Gasteiger partial charge in [0.05, 0.1) is 23.0 Å². The van der Waals surface area contributed by atoms with E-state index in [9.17, 15) is 26.4 Å². The summed E-state index contributed by atoms with van der Waals surface area (Å²) in [6.45, 7) is 1.54. The van der Waals surface area contributed by atoms with E-state index < -0.39 is 39.8 Å². The van der Waals surface area contributed by atoms with Crippen LogP contribution in [0.3, 0.4) is 0 Å². The highest BCUT2D eigenvalue weighted by Gasteiger charge is 2.44. The maximum Gasteiger partial charge on any atom is 0.396 e. The summed E-state index contributed by atoms with van der Waals surface area (Å²) in [6.07, 6.45) is -5.10. The van der Waals surface area contributed by atoms with E-state index in [1.807, 2.05) is 0 Å². The number of alkyl halides is 3. The molecule has 0 spiro atoms. The Hall–Kier alpha value is -1.57. The second-order valence-electron chi connectivity index (χ2n) is 6.16. The predicted octanol–water partition coefficient (Wildman–Crippen LogP) is 2.42. The summed E-state index contributed by atoms with van der Waals surface area (Å²) in [7, 11) is -3.25. The van der Waals surface area contributed by atoms with Gasteiger partial charge in [0.25, 0.3) is 0 Å². The van der Waals surface area contributed by atoms with E-state index in [1.165, 1.54) is 24.3 Å². The molecule has 0 bridgehead atoms. The van der Waals surface area contributed by atoms with Crippen LogP contribution in [0.1, 0.15) is 31.2 Å². The molecule has 0 aliphatic carbocycles. The number of hydrogen-bond donors (Lipinski definition) is 1. The van der Waals surface area contributed by atoms with Crippen LogP contribution in [0.5, 0.6) is 0 Å². The fourth-order valence-corrected chi connectivity index (χ4v) is 4.88. The molecule has 23 heavy (non-hydrogen) atoms. The highest BCUT2D eigenvalue weighted by Crippen LogP contribution is 2.37.